The van der Waals surface area contributed by atoms with Gasteiger partial charge in [-0.25, -0.2) is 5.43 Å². The number of carbonyl (C=O) groups excluding carboxylic acids is 1. The van der Waals surface area contributed by atoms with Crippen molar-refractivity contribution in [3.8, 4) is 5.75 Å². The summed E-state index contributed by atoms with van der Waals surface area (Å²) in [4.78, 5) is 33.5. The van der Waals surface area contributed by atoms with Crippen LogP contribution in [-0.2, 0) is 9.53 Å². The Labute approximate surface area is 141 Å². The number of phenolic OH excluding ortho intramolecular Hbond substituents is 1. The molecule has 1 aliphatic rings. The number of benzene rings is 1. The Morgan fingerprint density at radius 2 is 2.00 bits per heavy atom. The van der Waals surface area contributed by atoms with Gasteiger partial charge in [-0.1, -0.05) is 0 Å². The van der Waals surface area contributed by atoms with Gasteiger partial charge in [0.25, 0.3) is 11.6 Å². The Bertz CT molecular complexity index is 715. The highest BCUT2D eigenvalue weighted by molar-refractivity contribution is 5.88. The van der Waals surface area contributed by atoms with Crippen molar-refractivity contribution in [2.45, 2.75) is 0 Å². The average Bonchev–Trinajstić information content (AvgIpc) is 2.56. The fourth-order valence-electron chi connectivity index (χ4n) is 2.14. The molecule has 2 rings (SSSR count). The van der Waals surface area contributed by atoms with Crippen LogP contribution in [0.2, 0.25) is 0 Å². The fraction of sp³-hybridized carbons (Fsp3) is 0.385. The zero-order valence-electron chi connectivity index (χ0n) is 13.0. The van der Waals surface area contributed by atoms with Gasteiger partial charge in [-0.15, -0.1) is 0 Å². The van der Waals surface area contributed by atoms with E-state index in [1.54, 1.807) is 0 Å². The molecule has 0 aromatic heterocycles. The summed E-state index contributed by atoms with van der Waals surface area (Å²) in [5, 5.41) is 35.0. The molecule has 0 aliphatic carbocycles. The lowest BCUT2D eigenvalue weighted by Gasteiger charge is -2.25. The second-order valence-electron chi connectivity index (χ2n) is 5.10. The third-order valence-corrected chi connectivity index (χ3v) is 3.38. The quantitative estimate of drug-likeness (QED) is 0.410. The number of morpholine rings is 1. The number of nitrogens with zero attached hydrogens (tertiary/aromatic N) is 4. The van der Waals surface area contributed by atoms with Crippen LogP contribution in [0.1, 0.15) is 5.56 Å². The highest BCUT2D eigenvalue weighted by Gasteiger charge is 2.23. The van der Waals surface area contributed by atoms with E-state index < -0.39 is 32.9 Å². The molecule has 0 radical (unpaired) electrons. The molecule has 12 nitrogen and oxygen atoms in total. The Balaban J connectivity index is 2.07. The van der Waals surface area contributed by atoms with Crippen molar-refractivity contribution < 1.29 is 24.5 Å². The maximum Gasteiger partial charge on any atom is 0.318 e. The van der Waals surface area contributed by atoms with Crippen LogP contribution < -0.4 is 5.43 Å². The number of aromatic hydroxyl groups is 1. The molecule has 0 unspecified atom stereocenters. The number of hydrogen-bond acceptors (Lipinski definition) is 9. The third-order valence-electron chi connectivity index (χ3n) is 3.38. The van der Waals surface area contributed by atoms with Gasteiger partial charge in [0.2, 0.25) is 5.75 Å². The lowest BCUT2D eigenvalue weighted by Crippen LogP contribution is -2.42. The number of non-ortho nitro benzene ring substituents is 1. The number of nitro groups is 2. The Hall–Kier alpha value is -3.12. The maximum absolute atomic E-state index is 11.8. The van der Waals surface area contributed by atoms with Crippen LogP contribution in [0.5, 0.6) is 5.75 Å². The number of phenols is 1. The predicted molar refractivity (Wildman–Crippen MR) is 84.4 cm³/mol. The molecule has 2 N–H and O–H groups in total. The molecule has 1 amide bonds. The first kappa shape index (κ1) is 18.2. The number of nitro benzene ring substituents is 2. The fourth-order valence-corrected chi connectivity index (χ4v) is 2.14. The third kappa shape index (κ3) is 4.92. The van der Waals surface area contributed by atoms with Crippen LogP contribution in [0.25, 0.3) is 0 Å². The molecule has 1 fully saturated rings. The molecular weight excluding hydrogens is 338 g/mol. The SMILES string of the molecule is O=C(CN1CCOCC1)N/N=C\c1cc([N+](=O)[O-])cc([N+](=O)[O-])c1O. The van der Waals surface area contributed by atoms with E-state index in [0.29, 0.717) is 32.4 Å². The zero-order valence-corrected chi connectivity index (χ0v) is 13.0. The van der Waals surface area contributed by atoms with Gasteiger partial charge in [0.1, 0.15) is 0 Å². The first-order valence-corrected chi connectivity index (χ1v) is 7.16. The van der Waals surface area contributed by atoms with Gasteiger partial charge in [-0.3, -0.25) is 29.9 Å². The van der Waals surface area contributed by atoms with Gasteiger partial charge < -0.3 is 9.84 Å². The molecule has 0 saturated carbocycles. The number of ether oxygens (including phenoxy) is 1. The molecule has 0 spiro atoms. The van der Waals surface area contributed by atoms with Crippen molar-refractivity contribution in [2.24, 2.45) is 5.10 Å². The van der Waals surface area contributed by atoms with Crippen LogP contribution in [-0.4, -0.2) is 64.8 Å². The normalized spacial score (nSPS) is 15.2. The summed E-state index contributed by atoms with van der Waals surface area (Å²) < 4.78 is 5.15. The monoisotopic (exact) mass is 353 g/mol. The van der Waals surface area contributed by atoms with Crippen molar-refractivity contribution in [1.29, 1.82) is 0 Å². The minimum atomic E-state index is -0.948. The first-order chi connectivity index (χ1) is 11.9. The van der Waals surface area contributed by atoms with Gasteiger partial charge in [0.05, 0.1) is 47.4 Å². The van der Waals surface area contributed by atoms with Crippen LogP contribution in [0, 0.1) is 20.2 Å². The zero-order chi connectivity index (χ0) is 18.4. The molecule has 25 heavy (non-hydrogen) atoms. The number of rotatable bonds is 6. The molecular formula is C13H15N5O7. The van der Waals surface area contributed by atoms with E-state index in [4.69, 9.17) is 4.74 Å². The van der Waals surface area contributed by atoms with E-state index in [0.717, 1.165) is 12.3 Å². The lowest BCUT2D eigenvalue weighted by molar-refractivity contribution is -0.394. The van der Waals surface area contributed by atoms with Crippen LogP contribution in [0.3, 0.4) is 0 Å². The van der Waals surface area contributed by atoms with E-state index in [1.807, 2.05) is 4.90 Å². The van der Waals surface area contributed by atoms with Crippen molar-refractivity contribution in [3.05, 3.63) is 37.9 Å². The van der Waals surface area contributed by atoms with Crippen LogP contribution in [0.15, 0.2) is 17.2 Å². The summed E-state index contributed by atoms with van der Waals surface area (Å²) in [6.45, 7) is 2.36. The standard InChI is InChI=1S/C13H15N5O7/c19-12(8-16-1-3-25-4-2-16)15-14-7-9-5-10(17(21)22)6-11(13(9)20)18(23)24/h5-7,20H,1-4,8H2,(H,15,19)/b14-7-. The number of hydrogen-bond donors (Lipinski definition) is 2. The number of amides is 1. The Morgan fingerprint density at radius 1 is 1.32 bits per heavy atom. The predicted octanol–water partition coefficient (Wildman–Crippen LogP) is -0.00910. The summed E-state index contributed by atoms with van der Waals surface area (Å²) in [5.74, 6) is -1.21. The van der Waals surface area contributed by atoms with Crippen molar-refractivity contribution in [2.75, 3.05) is 32.8 Å². The Morgan fingerprint density at radius 3 is 2.60 bits per heavy atom. The van der Waals surface area contributed by atoms with Gasteiger partial charge in [0.15, 0.2) is 0 Å². The van der Waals surface area contributed by atoms with E-state index >= 15 is 0 Å². The first-order valence-electron chi connectivity index (χ1n) is 7.16. The molecule has 1 aromatic carbocycles. The Kier molecular flexibility index (Phi) is 5.92. The van der Waals surface area contributed by atoms with Gasteiger partial charge >= 0.3 is 5.69 Å². The van der Waals surface area contributed by atoms with E-state index in [-0.39, 0.29) is 12.1 Å². The largest absolute Gasteiger partial charge is 0.502 e. The minimum absolute atomic E-state index is 0.0851. The average molecular weight is 353 g/mol. The molecule has 1 heterocycles. The number of hydrazone groups is 1. The lowest BCUT2D eigenvalue weighted by atomic mass is 10.1. The van der Waals surface area contributed by atoms with E-state index in [9.17, 15) is 30.1 Å². The molecule has 1 aromatic rings. The highest BCUT2D eigenvalue weighted by atomic mass is 16.6. The summed E-state index contributed by atoms with van der Waals surface area (Å²) in [6, 6.07) is 1.56. The van der Waals surface area contributed by atoms with Crippen LogP contribution >= 0.6 is 0 Å². The minimum Gasteiger partial charge on any atom is -0.502 e. The van der Waals surface area contributed by atoms with Crippen molar-refractivity contribution in [1.82, 2.24) is 10.3 Å². The molecule has 0 bridgehead atoms. The summed E-state index contributed by atoms with van der Waals surface area (Å²) in [7, 11) is 0. The van der Waals surface area contributed by atoms with Gasteiger partial charge in [-0.05, 0) is 0 Å². The smallest absolute Gasteiger partial charge is 0.318 e. The van der Waals surface area contributed by atoms with E-state index in [1.165, 1.54) is 0 Å². The van der Waals surface area contributed by atoms with Crippen molar-refractivity contribution >= 4 is 23.5 Å². The molecule has 0 atom stereocenters. The maximum atomic E-state index is 11.8. The molecule has 1 saturated heterocycles. The van der Waals surface area contributed by atoms with Gasteiger partial charge in [0, 0.05) is 19.2 Å². The van der Waals surface area contributed by atoms with Crippen LogP contribution in [0.4, 0.5) is 11.4 Å². The summed E-state index contributed by atoms with van der Waals surface area (Å²) in [6.07, 6.45) is 0.909. The summed E-state index contributed by atoms with van der Waals surface area (Å²) >= 11 is 0. The molecule has 1 aliphatic heterocycles. The van der Waals surface area contributed by atoms with E-state index in [2.05, 4.69) is 10.5 Å². The molecule has 134 valence electrons. The molecule has 12 heteroatoms. The van der Waals surface area contributed by atoms with Gasteiger partial charge in [-0.2, -0.15) is 5.10 Å². The second kappa shape index (κ2) is 8.12. The summed E-state index contributed by atoms with van der Waals surface area (Å²) in [5.41, 5.74) is 0.541. The highest BCUT2D eigenvalue weighted by Crippen LogP contribution is 2.33. The topological polar surface area (TPSA) is 160 Å². The number of nitrogens with one attached hydrogen (secondary N) is 1. The second-order valence-corrected chi connectivity index (χ2v) is 5.10. The number of carbonyl (C=O) groups is 1. The van der Waals surface area contributed by atoms with Crippen molar-refractivity contribution in [3.63, 3.8) is 0 Å².